The highest BCUT2D eigenvalue weighted by Crippen LogP contribution is 2.42. The van der Waals surface area contributed by atoms with E-state index in [2.05, 4.69) is 9.88 Å². The molecule has 1 aromatic carbocycles. The van der Waals surface area contributed by atoms with Crippen molar-refractivity contribution in [3.8, 4) is 11.5 Å². The van der Waals surface area contributed by atoms with Gasteiger partial charge < -0.3 is 29.6 Å². The van der Waals surface area contributed by atoms with E-state index in [9.17, 15) is 0 Å². The Morgan fingerprint density at radius 2 is 1.83 bits per heavy atom. The summed E-state index contributed by atoms with van der Waals surface area (Å²) in [5, 5.41) is 1.04. The first kappa shape index (κ1) is 23.5. The summed E-state index contributed by atoms with van der Waals surface area (Å²) in [5.74, 6) is 1.81. The molecule has 0 radical (unpaired) electrons. The van der Waals surface area contributed by atoms with Crippen LogP contribution in [0.15, 0.2) is 6.07 Å². The molecule has 1 aliphatic heterocycles. The minimum absolute atomic E-state index is 0. The summed E-state index contributed by atoms with van der Waals surface area (Å²) >= 11 is 6.28. The Morgan fingerprint density at radius 1 is 1.14 bits per heavy atom. The fourth-order valence-corrected chi connectivity index (χ4v) is 3.63. The van der Waals surface area contributed by atoms with E-state index < -0.39 is 0 Å². The van der Waals surface area contributed by atoms with E-state index in [1.807, 2.05) is 6.92 Å². The van der Waals surface area contributed by atoms with Gasteiger partial charge in [0.2, 0.25) is 5.95 Å². The fourth-order valence-electron chi connectivity index (χ4n) is 3.36. The summed E-state index contributed by atoms with van der Waals surface area (Å²) in [4.78, 5) is 11.3. The second kappa shape index (κ2) is 10.9. The van der Waals surface area contributed by atoms with Crippen LogP contribution in [0.25, 0.3) is 10.9 Å². The van der Waals surface area contributed by atoms with Crippen molar-refractivity contribution in [3.63, 3.8) is 0 Å². The van der Waals surface area contributed by atoms with Gasteiger partial charge in [0, 0.05) is 25.1 Å². The summed E-state index contributed by atoms with van der Waals surface area (Å²) < 4.78 is 22.1. The Labute approximate surface area is 182 Å². The predicted octanol–water partition coefficient (Wildman–Crippen LogP) is 3.33. The molecule has 2 aromatic rings. The Morgan fingerprint density at radius 3 is 2.45 bits per heavy atom. The molecule has 0 bridgehead atoms. The third-order valence-corrected chi connectivity index (χ3v) is 5.07. The van der Waals surface area contributed by atoms with E-state index >= 15 is 0 Å². The molecule has 1 aromatic heterocycles. The Bertz CT molecular complexity index is 817. The van der Waals surface area contributed by atoms with Crippen molar-refractivity contribution in [1.29, 1.82) is 0 Å². The molecule has 1 aliphatic rings. The molecule has 0 spiro atoms. The lowest BCUT2D eigenvalue weighted by atomic mass is 10.1. The largest absolute Gasteiger partial charge is 0.491 e. The van der Waals surface area contributed by atoms with Gasteiger partial charge >= 0.3 is 0 Å². The first-order chi connectivity index (χ1) is 13.6. The number of aromatic nitrogens is 2. The molecule has 3 rings (SSSR count). The lowest BCUT2D eigenvalue weighted by molar-refractivity contribution is -0.00240. The van der Waals surface area contributed by atoms with Crippen molar-refractivity contribution in [2.45, 2.75) is 25.9 Å². The minimum Gasteiger partial charge on any atom is -0.491 e. The molecular weight excluding hydrogens is 419 g/mol. The maximum absolute atomic E-state index is 6.28. The highest BCUT2D eigenvalue weighted by molar-refractivity contribution is 6.33. The number of piperidine rings is 1. The lowest BCUT2D eigenvalue weighted by Crippen LogP contribution is -2.38. The molecule has 29 heavy (non-hydrogen) atoms. The SMILES string of the molecule is CCOCCOC1CCN(c2nc(N)c3cc(Cl)c(OC)c(OC)c3n2)CC1.Cl. The summed E-state index contributed by atoms with van der Waals surface area (Å²) in [6.45, 7) is 5.52. The van der Waals surface area contributed by atoms with Gasteiger partial charge in [-0.25, -0.2) is 4.98 Å². The van der Waals surface area contributed by atoms with Crippen molar-refractivity contribution >= 4 is 46.7 Å². The molecule has 0 saturated carbocycles. The van der Waals surface area contributed by atoms with Gasteiger partial charge in [-0.15, -0.1) is 12.4 Å². The van der Waals surface area contributed by atoms with E-state index in [0.717, 1.165) is 25.9 Å². The monoisotopic (exact) mass is 446 g/mol. The summed E-state index contributed by atoms with van der Waals surface area (Å²) in [6.07, 6.45) is 2.02. The number of nitrogens with two attached hydrogens (primary N) is 1. The van der Waals surface area contributed by atoms with Crippen LogP contribution in [-0.4, -0.2) is 63.2 Å². The highest BCUT2D eigenvalue weighted by Gasteiger charge is 2.24. The summed E-state index contributed by atoms with van der Waals surface area (Å²) in [7, 11) is 3.09. The minimum atomic E-state index is 0. The van der Waals surface area contributed by atoms with Crippen LogP contribution in [0.3, 0.4) is 0 Å². The average Bonchev–Trinajstić information content (AvgIpc) is 2.71. The number of nitrogens with zero attached hydrogens (tertiary/aromatic N) is 3. The molecule has 0 atom stereocenters. The molecule has 2 heterocycles. The second-order valence-corrected chi connectivity index (χ2v) is 6.89. The predicted molar refractivity (Wildman–Crippen MR) is 117 cm³/mol. The molecule has 1 saturated heterocycles. The molecule has 10 heteroatoms. The van der Waals surface area contributed by atoms with Crippen molar-refractivity contribution in [2.24, 2.45) is 0 Å². The molecule has 0 aliphatic carbocycles. The first-order valence-electron chi connectivity index (χ1n) is 9.41. The number of rotatable bonds is 8. The molecule has 8 nitrogen and oxygen atoms in total. The van der Waals surface area contributed by atoms with E-state index in [0.29, 0.717) is 59.0 Å². The van der Waals surface area contributed by atoms with Crippen LogP contribution in [0, 0.1) is 0 Å². The number of methoxy groups -OCH3 is 2. The third kappa shape index (κ3) is 5.25. The van der Waals surface area contributed by atoms with Crippen LogP contribution in [0.5, 0.6) is 11.5 Å². The normalized spacial score (nSPS) is 14.7. The number of halogens is 2. The second-order valence-electron chi connectivity index (χ2n) is 6.48. The third-order valence-electron chi connectivity index (χ3n) is 4.79. The fraction of sp³-hybridized carbons (Fsp3) is 0.579. The van der Waals surface area contributed by atoms with Crippen LogP contribution in [-0.2, 0) is 9.47 Å². The number of nitrogen functional groups attached to an aromatic ring is 1. The number of hydrogen-bond acceptors (Lipinski definition) is 8. The summed E-state index contributed by atoms with van der Waals surface area (Å²) in [6, 6.07) is 1.70. The van der Waals surface area contributed by atoms with Crippen LogP contribution >= 0.6 is 24.0 Å². The van der Waals surface area contributed by atoms with Crippen LogP contribution < -0.4 is 20.1 Å². The van der Waals surface area contributed by atoms with E-state index in [-0.39, 0.29) is 18.5 Å². The van der Waals surface area contributed by atoms with Crippen LogP contribution in [0.1, 0.15) is 19.8 Å². The maximum Gasteiger partial charge on any atom is 0.228 e. The van der Waals surface area contributed by atoms with Crippen LogP contribution in [0.4, 0.5) is 11.8 Å². The van der Waals surface area contributed by atoms with Gasteiger partial charge in [0.25, 0.3) is 0 Å². The van der Waals surface area contributed by atoms with Crippen molar-refractivity contribution in [2.75, 3.05) is 57.8 Å². The molecular formula is C19H28Cl2N4O4. The number of hydrogen-bond donors (Lipinski definition) is 1. The van der Waals surface area contributed by atoms with Gasteiger partial charge in [-0.2, -0.15) is 4.98 Å². The number of anilines is 2. The lowest BCUT2D eigenvalue weighted by Gasteiger charge is -2.32. The number of ether oxygens (including phenoxy) is 4. The van der Waals surface area contributed by atoms with Gasteiger partial charge in [0.1, 0.15) is 11.3 Å². The zero-order valence-corrected chi connectivity index (χ0v) is 18.5. The molecule has 0 amide bonds. The highest BCUT2D eigenvalue weighted by atomic mass is 35.5. The Balaban J connectivity index is 0.00000300. The number of benzene rings is 1. The maximum atomic E-state index is 6.28. The van der Waals surface area contributed by atoms with Crippen molar-refractivity contribution in [1.82, 2.24) is 9.97 Å². The van der Waals surface area contributed by atoms with E-state index in [1.54, 1.807) is 13.2 Å². The quantitative estimate of drug-likeness (QED) is 0.617. The van der Waals surface area contributed by atoms with E-state index in [1.165, 1.54) is 7.11 Å². The van der Waals surface area contributed by atoms with Crippen molar-refractivity contribution < 1.29 is 18.9 Å². The van der Waals surface area contributed by atoms with Gasteiger partial charge in [-0.1, -0.05) is 11.6 Å². The van der Waals surface area contributed by atoms with E-state index in [4.69, 9.17) is 41.3 Å². The van der Waals surface area contributed by atoms with Gasteiger partial charge in [-0.3, -0.25) is 0 Å². The summed E-state index contributed by atoms with van der Waals surface area (Å²) in [5.41, 5.74) is 6.78. The molecule has 2 N–H and O–H groups in total. The van der Waals surface area contributed by atoms with Crippen molar-refractivity contribution in [3.05, 3.63) is 11.1 Å². The van der Waals surface area contributed by atoms with Gasteiger partial charge in [0.15, 0.2) is 11.5 Å². The Hall–Kier alpha value is -1.74. The van der Waals surface area contributed by atoms with Gasteiger partial charge in [0.05, 0.1) is 38.6 Å². The van der Waals surface area contributed by atoms with Crippen LogP contribution in [0.2, 0.25) is 5.02 Å². The standard InChI is InChI=1S/C19H27ClN4O4.ClH/c1-4-27-9-10-28-12-5-7-24(8-6-12)19-22-15-13(18(21)23-19)11-14(20)16(25-2)17(15)26-3;/h11-12H,4-10H2,1-3H3,(H2,21,22,23);1H. The first-order valence-corrected chi connectivity index (χ1v) is 9.78. The van der Waals surface area contributed by atoms with Gasteiger partial charge in [-0.05, 0) is 25.8 Å². The molecule has 0 unspecified atom stereocenters. The zero-order chi connectivity index (χ0) is 20.1. The Kier molecular flexibility index (Phi) is 8.82. The smallest absolute Gasteiger partial charge is 0.228 e. The molecule has 162 valence electrons. The number of fused-ring (bicyclic) bond motifs is 1. The average molecular weight is 447 g/mol. The zero-order valence-electron chi connectivity index (χ0n) is 16.9. The topological polar surface area (TPSA) is 92.0 Å². The molecule has 1 fully saturated rings.